The number of carbonyl (C=O) groups excluding carboxylic acids is 1. The van der Waals surface area contributed by atoms with Gasteiger partial charge in [0.05, 0.1) is 12.8 Å². The first-order chi connectivity index (χ1) is 6.54. The molecule has 0 saturated carbocycles. The Kier molecular flexibility index (Phi) is 3.16. The highest BCUT2D eigenvalue weighted by molar-refractivity contribution is 5.87. The summed E-state index contributed by atoms with van der Waals surface area (Å²) in [6.45, 7) is 1.02. The van der Waals surface area contributed by atoms with E-state index >= 15 is 0 Å². The van der Waals surface area contributed by atoms with Gasteiger partial charge in [0.25, 0.3) is 6.43 Å². The van der Waals surface area contributed by atoms with Crippen molar-refractivity contribution in [3.05, 3.63) is 17.5 Å². The van der Waals surface area contributed by atoms with Crippen LogP contribution in [-0.2, 0) is 11.3 Å². The SMILES string of the molecule is COC(=O)c1cc(C)nn1CC(F)F. The lowest BCUT2D eigenvalue weighted by Gasteiger charge is -2.04. The van der Waals surface area contributed by atoms with Crippen LogP contribution in [0.4, 0.5) is 8.78 Å². The van der Waals surface area contributed by atoms with Crippen LogP contribution in [0.1, 0.15) is 16.2 Å². The van der Waals surface area contributed by atoms with Crippen molar-refractivity contribution in [1.82, 2.24) is 9.78 Å². The summed E-state index contributed by atoms with van der Waals surface area (Å²) in [5, 5.41) is 3.76. The molecule has 0 fully saturated rings. The number of alkyl halides is 2. The highest BCUT2D eigenvalue weighted by Crippen LogP contribution is 2.07. The van der Waals surface area contributed by atoms with Crippen LogP contribution in [0.5, 0.6) is 0 Å². The van der Waals surface area contributed by atoms with E-state index in [1.54, 1.807) is 6.92 Å². The van der Waals surface area contributed by atoms with Gasteiger partial charge in [0, 0.05) is 0 Å². The second kappa shape index (κ2) is 4.17. The second-order valence-electron chi connectivity index (χ2n) is 2.74. The molecule has 0 radical (unpaired) electrons. The third kappa shape index (κ3) is 2.27. The third-order valence-electron chi connectivity index (χ3n) is 1.61. The smallest absolute Gasteiger partial charge is 0.356 e. The van der Waals surface area contributed by atoms with Crippen LogP contribution < -0.4 is 0 Å². The van der Waals surface area contributed by atoms with Crippen molar-refractivity contribution in [3.63, 3.8) is 0 Å². The first-order valence-electron chi connectivity index (χ1n) is 3.95. The lowest BCUT2D eigenvalue weighted by Crippen LogP contribution is -2.15. The number of nitrogens with zero attached hydrogens (tertiary/aromatic N) is 2. The average molecular weight is 204 g/mol. The predicted octanol–water partition coefficient (Wildman–Crippen LogP) is 1.24. The Bertz CT molecular complexity index is 336. The van der Waals surface area contributed by atoms with Crippen LogP contribution in [0.2, 0.25) is 0 Å². The molecule has 0 saturated heterocycles. The molecule has 0 unspecified atom stereocenters. The van der Waals surface area contributed by atoms with Crippen LogP contribution in [0, 0.1) is 6.92 Å². The van der Waals surface area contributed by atoms with E-state index in [2.05, 4.69) is 9.84 Å². The van der Waals surface area contributed by atoms with Gasteiger partial charge in [-0.15, -0.1) is 0 Å². The first kappa shape index (κ1) is 10.6. The number of halogens is 2. The molecule has 78 valence electrons. The monoisotopic (exact) mass is 204 g/mol. The molecule has 0 bridgehead atoms. The molecule has 0 aliphatic carbocycles. The van der Waals surface area contributed by atoms with Gasteiger partial charge in [-0.1, -0.05) is 0 Å². The van der Waals surface area contributed by atoms with E-state index in [0.29, 0.717) is 5.69 Å². The van der Waals surface area contributed by atoms with Crippen molar-refractivity contribution in [2.45, 2.75) is 19.9 Å². The molecule has 0 spiro atoms. The van der Waals surface area contributed by atoms with E-state index < -0.39 is 18.9 Å². The minimum absolute atomic E-state index is 0.0466. The predicted molar refractivity (Wildman–Crippen MR) is 44.3 cm³/mol. The normalized spacial score (nSPS) is 10.6. The number of aromatic nitrogens is 2. The van der Waals surface area contributed by atoms with Gasteiger partial charge >= 0.3 is 5.97 Å². The molecule has 0 aliphatic heterocycles. The van der Waals surface area contributed by atoms with Crippen molar-refractivity contribution in [2.75, 3.05) is 7.11 Å². The Morgan fingerprint density at radius 1 is 1.71 bits per heavy atom. The summed E-state index contributed by atoms with van der Waals surface area (Å²) < 4.78 is 29.5. The zero-order chi connectivity index (χ0) is 10.7. The molecule has 0 atom stereocenters. The van der Waals surface area contributed by atoms with Gasteiger partial charge in [-0.05, 0) is 13.0 Å². The van der Waals surface area contributed by atoms with E-state index in [1.165, 1.54) is 13.2 Å². The summed E-state index contributed by atoms with van der Waals surface area (Å²) >= 11 is 0. The molecule has 6 heteroatoms. The van der Waals surface area contributed by atoms with Crippen molar-refractivity contribution in [3.8, 4) is 0 Å². The molecule has 1 aromatic rings. The minimum atomic E-state index is -2.54. The van der Waals surface area contributed by atoms with E-state index in [0.717, 1.165) is 4.68 Å². The van der Waals surface area contributed by atoms with Crippen molar-refractivity contribution >= 4 is 5.97 Å². The van der Waals surface area contributed by atoms with E-state index in [9.17, 15) is 13.6 Å². The van der Waals surface area contributed by atoms with Gasteiger partial charge in [-0.3, -0.25) is 4.68 Å². The maximum Gasteiger partial charge on any atom is 0.356 e. The number of methoxy groups -OCH3 is 1. The molecular weight excluding hydrogens is 194 g/mol. The van der Waals surface area contributed by atoms with Gasteiger partial charge < -0.3 is 4.74 Å². The number of aryl methyl sites for hydroxylation is 1. The molecule has 0 amide bonds. The van der Waals surface area contributed by atoms with Gasteiger partial charge in [-0.2, -0.15) is 5.10 Å². The van der Waals surface area contributed by atoms with Crippen LogP contribution in [0.15, 0.2) is 6.07 Å². The zero-order valence-electron chi connectivity index (χ0n) is 7.83. The summed E-state index contributed by atoms with van der Waals surface area (Å²) in [6.07, 6.45) is -2.54. The molecule has 0 aromatic carbocycles. The van der Waals surface area contributed by atoms with Crippen LogP contribution in [0.3, 0.4) is 0 Å². The quantitative estimate of drug-likeness (QED) is 0.696. The summed E-state index contributed by atoms with van der Waals surface area (Å²) in [7, 11) is 1.19. The Morgan fingerprint density at radius 2 is 2.36 bits per heavy atom. The van der Waals surface area contributed by atoms with Crippen molar-refractivity contribution < 1.29 is 18.3 Å². The van der Waals surface area contributed by atoms with Crippen LogP contribution in [-0.4, -0.2) is 29.3 Å². The summed E-state index contributed by atoms with van der Waals surface area (Å²) in [5.74, 6) is -0.661. The largest absolute Gasteiger partial charge is 0.464 e. The Hall–Kier alpha value is -1.46. The molecule has 14 heavy (non-hydrogen) atoms. The number of hydrogen-bond donors (Lipinski definition) is 0. The van der Waals surface area contributed by atoms with E-state index in [1.807, 2.05) is 0 Å². The number of carbonyl (C=O) groups is 1. The van der Waals surface area contributed by atoms with E-state index in [-0.39, 0.29) is 5.69 Å². The molecule has 1 heterocycles. The molecule has 1 aromatic heterocycles. The summed E-state index contributed by atoms with van der Waals surface area (Å²) in [6, 6.07) is 1.41. The second-order valence-corrected chi connectivity index (χ2v) is 2.74. The van der Waals surface area contributed by atoms with Crippen LogP contribution in [0.25, 0.3) is 0 Å². The van der Waals surface area contributed by atoms with E-state index in [4.69, 9.17) is 0 Å². The van der Waals surface area contributed by atoms with Gasteiger partial charge in [0.15, 0.2) is 0 Å². The Balaban J connectivity index is 2.96. The fourth-order valence-electron chi connectivity index (χ4n) is 1.08. The average Bonchev–Trinajstić information content (AvgIpc) is 2.44. The Labute approximate surface area is 79.5 Å². The zero-order valence-corrected chi connectivity index (χ0v) is 7.83. The van der Waals surface area contributed by atoms with Gasteiger partial charge in [0.1, 0.15) is 12.2 Å². The number of esters is 1. The highest BCUT2D eigenvalue weighted by Gasteiger charge is 2.16. The topological polar surface area (TPSA) is 44.1 Å². The molecule has 1 rings (SSSR count). The maximum atomic E-state index is 12.1. The first-order valence-corrected chi connectivity index (χ1v) is 3.95. The number of rotatable bonds is 3. The molecular formula is C8H10F2N2O2. The lowest BCUT2D eigenvalue weighted by molar-refractivity contribution is 0.0576. The molecule has 4 nitrogen and oxygen atoms in total. The van der Waals surface area contributed by atoms with Crippen molar-refractivity contribution in [2.24, 2.45) is 0 Å². The highest BCUT2D eigenvalue weighted by atomic mass is 19.3. The third-order valence-corrected chi connectivity index (χ3v) is 1.61. The summed E-state index contributed by atoms with van der Waals surface area (Å²) in [5.41, 5.74) is 0.552. The van der Waals surface area contributed by atoms with Crippen LogP contribution >= 0.6 is 0 Å². The number of hydrogen-bond acceptors (Lipinski definition) is 3. The fourth-order valence-corrected chi connectivity index (χ4v) is 1.08. The Morgan fingerprint density at radius 3 is 2.86 bits per heavy atom. The fraction of sp³-hybridized carbons (Fsp3) is 0.500. The molecule has 0 N–H and O–H groups in total. The lowest BCUT2D eigenvalue weighted by atomic mass is 10.4. The summed E-state index contributed by atoms with van der Waals surface area (Å²) in [4.78, 5) is 11.1. The van der Waals surface area contributed by atoms with Crippen molar-refractivity contribution in [1.29, 1.82) is 0 Å². The standard InChI is InChI=1S/C8H10F2N2O2/c1-5-3-6(8(13)14-2)12(11-5)4-7(9)10/h3,7H,4H2,1-2H3. The van der Waals surface area contributed by atoms with Gasteiger partial charge in [-0.25, -0.2) is 13.6 Å². The maximum absolute atomic E-state index is 12.1. The molecule has 0 aliphatic rings. The minimum Gasteiger partial charge on any atom is -0.464 e. The van der Waals surface area contributed by atoms with Gasteiger partial charge in [0.2, 0.25) is 0 Å². The number of ether oxygens (including phenoxy) is 1.